The van der Waals surface area contributed by atoms with Gasteiger partial charge >= 0.3 is 7.32 Å². The van der Waals surface area contributed by atoms with E-state index in [0.29, 0.717) is 67.3 Å². The Morgan fingerprint density at radius 3 is 1.00 bits per heavy atom. The lowest BCUT2D eigenvalue weighted by atomic mass is 9.91. The second-order valence-corrected chi connectivity index (χ2v) is 19.5. The van der Waals surface area contributed by atoms with Crippen molar-refractivity contribution in [1.29, 1.82) is 0 Å². The summed E-state index contributed by atoms with van der Waals surface area (Å²) in [6.07, 6.45) is 30.3. The van der Waals surface area contributed by atoms with E-state index >= 15 is 13.2 Å². The first-order valence-electron chi connectivity index (χ1n) is 27.1. The van der Waals surface area contributed by atoms with Crippen LogP contribution in [0, 0.1) is 52.4 Å². The van der Waals surface area contributed by atoms with Crippen LogP contribution >= 0.6 is 0 Å². The van der Waals surface area contributed by atoms with E-state index in [-0.39, 0.29) is 5.56 Å². The quantitative estimate of drug-likeness (QED) is 0.0186. The topological polar surface area (TPSA) is 27.7 Å². The van der Waals surface area contributed by atoms with Crippen molar-refractivity contribution >= 4 is 7.32 Å². The summed E-state index contributed by atoms with van der Waals surface area (Å²) in [6, 6.07) is 1.69. The maximum absolute atomic E-state index is 17.2. The number of halogens is 9. The van der Waals surface area contributed by atoms with Crippen LogP contribution in [-0.2, 0) is 0 Å². The van der Waals surface area contributed by atoms with Crippen LogP contribution < -0.4 is 14.0 Å². The third kappa shape index (κ3) is 21.3. The van der Waals surface area contributed by atoms with Crippen molar-refractivity contribution in [1.82, 2.24) is 0 Å². The summed E-state index contributed by atoms with van der Waals surface area (Å²) < 4.78 is 153. The normalized spacial score (nSPS) is 12.2. The molecule has 0 aliphatic carbocycles. The van der Waals surface area contributed by atoms with Gasteiger partial charge < -0.3 is 18.4 Å². The molecule has 0 spiro atoms. The molecule has 0 aliphatic heterocycles. The van der Waals surface area contributed by atoms with Gasteiger partial charge in [-0.05, 0) is 44.9 Å². The maximum atomic E-state index is 17.2. The highest BCUT2D eigenvalue weighted by atomic mass is 19.2. The molecular formula is C56H84BF9NO3+. The summed E-state index contributed by atoms with van der Waals surface area (Å²) in [7, 11) is -2.34. The second-order valence-electron chi connectivity index (χ2n) is 19.5. The average Bonchev–Trinajstić information content (AvgIpc) is 3.33. The van der Waals surface area contributed by atoms with Gasteiger partial charge in [0.05, 0.1) is 25.2 Å². The van der Waals surface area contributed by atoms with Gasteiger partial charge in [-0.1, -0.05) is 169 Å². The fourth-order valence-corrected chi connectivity index (χ4v) is 9.71. The molecule has 0 bridgehead atoms. The van der Waals surface area contributed by atoms with Gasteiger partial charge in [-0.15, -0.1) is 0 Å². The van der Waals surface area contributed by atoms with E-state index in [9.17, 15) is 26.3 Å². The fraction of sp³-hybridized carbons (Fsp3) is 0.679. The van der Waals surface area contributed by atoms with Crippen LogP contribution in [-0.4, -0.2) is 31.4 Å². The van der Waals surface area contributed by atoms with E-state index in [2.05, 4.69) is 27.7 Å². The highest BCUT2D eigenvalue weighted by molar-refractivity contribution is 6.39. The van der Waals surface area contributed by atoms with Crippen LogP contribution in [0.25, 0.3) is 0 Å². The van der Waals surface area contributed by atoms with E-state index in [1.807, 2.05) is 0 Å². The van der Waals surface area contributed by atoms with E-state index in [1.165, 1.54) is 32.1 Å². The first-order chi connectivity index (χ1) is 33.8. The van der Waals surface area contributed by atoms with Crippen molar-refractivity contribution in [3.8, 4) is 17.2 Å². The molecule has 0 fully saturated rings. The van der Waals surface area contributed by atoms with Gasteiger partial charge in [0.2, 0.25) is 0 Å². The molecule has 0 N–H and O–H groups in total. The predicted octanol–water partition coefficient (Wildman–Crippen LogP) is 19.1. The zero-order valence-electron chi connectivity index (χ0n) is 42.9. The number of unbranched alkanes of at least 4 members (excludes halogenated alkanes) is 25. The number of hydrogen-bond acceptors (Lipinski definition) is 3. The van der Waals surface area contributed by atoms with Crippen molar-refractivity contribution in [2.24, 2.45) is 0 Å². The molecular weight excluding hydrogens is 916 g/mol. The van der Waals surface area contributed by atoms with Gasteiger partial charge in [-0.3, -0.25) is 0 Å². The number of nitrogens with zero attached hydrogens (tertiary/aromatic N) is 1. The summed E-state index contributed by atoms with van der Waals surface area (Å²) >= 11 is 0. The lowest BCUT2D eigenvalue weighted by Gasteiger charge is -2.46. The Balaban J connectivity index is 2.22. The van der Waals surface area contributed by atoms with Crippen LogP contribution in [0.4, 0.5) is 39.5 Å². The van der Waals surface area contributed by atoms with E-state index < -0.39 is 83.0 Å². The van der Waals surface area contributed by atoms with Gasteiger partial charge in [0.15, 0.2) is 52.4 Å². The first kappa shape index (κ1) is 60.8. The van der Waals surface area contributed by atoms with E-state index in [1.54, 1.807) is 0 Å². The molecule has 0 saturated carbocycles. The second kappa shape index (κ2) is 34.8. The SMILES string of the molecule is CCCCCCCCCCCCCC(c1c(OB(Oc2cc(F)c(F)c(F)c2)Oc2cc(F)c(F)c(F)c2)cc(F)c(F)c1F)[N+](CCCCCCCC)(CCCCCCCC)CCCCCCCC. The molecule has 1 atom stereocenters. The Hall–Kier alpha value is -3.55. The Bertz CT molecular complexity index is 1760. The van der Waals surface area contributed by atoms with Gasteiger partial charge in [-0.25, -0.2) is 39.5 Å². The molecule has 3 rings (SSSR count). The Morgan fingerprint density at radius 2 is 0.657 bits per heavy atom. The molecule has 70 heavy (non-hydrogen) atoms. The third-order valence-corrected chi connectivity index (χ3v) is 13.7. The molecule has 3 aromatic rings. The molecule has 396 valence electrons. The molecule has 0 aliphatic rings. The highest BCUT2D eigenvalue weighted by Gasteiger charge is 2.43. The van der Waals surface area contributed by atoms with Gasteiger partial charge in [0.25, 0.3) is 0 Å². The summed E-state index contributed by atoms with van der Waals surface area (Å²) in [4.78, 5) is 0. The molecule has 4 nitrogen and oxygen atoms in total. The molecule has 0 amide bonds. The van der Waals surface area contributed by atoms with Gasteiger partial charge in [0.1, 0.15) is 23.3 Å². The number of rotatable bonds is 41. The van der Waals surface area contributed by atoms with Crippen molar-refractivity contribution in [3.63, 3.8) is 0 Å². The van der Waals surface area contributed by atoms with E-state index in [4.69, 9.17) is 14.0 Å². The first-order valence-corrected chi connectivity index (χ1v) is 27.1. The smallest absolute Gasteiger partial charge is 0.489 e. The predicted molar refractivity (Wildman–Crippen MR) is 265 cm³/mol. The van der Waals surface area contributed by atoms with Crippen LogP contribution in [0.2, 0.25) is 0 Å². The van der Waals surface area contributed by atoms with Crippen LogP contribution in [0.3, 0.4) is 0 Å². The summed E-state index contributed by atoms with van der Waals surface area (Å²) in [5, 5.41) is 0. The maximum Gasteiger partial charge on any atom is 0.864 e. The van der Waals surface area contributed by atoms with Crippen LogP contribution in [0.5, 0.6) is 17.2 Å². The molecule has 0 heterocycles. The largest absolute Gasteiger partial charge is 0.864 e. The lowest BCUT2D eigenvalue weighted by Crippen LogP contribution is -2.53. The van der Waals surface area contributed by atoms with Gasteiger partial charge in [0, 0.05) is 36.8 Å². The summed E-state index contributed by atoms with van der Waals surface area (Å²) in [5.41, 5.74) is -0.279. The minimum atomic E-state index is -2.34. The molecule has 1 unspecified atom stereocenters. The fourth-order valence-electron chi connectivity index (χ4n) is 9.71. The summed E-state index contributed by atoms with van der Waals surface area (Å²) in [5.74, 6) is -17.1. The Morgan fingerprint density at radius 1 is 0.357 bits per heavy atom. The van der Waals surface area contributed by atoms with Crippen LogP contribution in [0.1, 0.15) is 232 Å². The van der Waals surface area contributed by atoms with Crippen molar-refractivity contribution in [3.05, 3.63) is 88.3 Å². The number of benzene rings is 3. The average molecular weight is 1000 g/mol. The molecule has 0 saturated heterocycles. The van der Waals surface area contributed by atoms with Crippen molar-refractivity contribution in [2.45, 2.75) is 226 Å². The minimum Gasteiger partial charge on any atom is -0.489 e. The van der Waals surface area contributed by atoms with Crippen molar-refractivity contribution < 1.29 is 58.0 Å². The van der Waals surface area contributed by atoms with Crippen LogP contribution in [0.15, 0.2) is 30.3 Å². The molecule has 0 aromatic heterocycles. The van der Waals surface area contributed by atoms with Gasteiger partial charge in [-0.2, -0.15) is 0 Å². The lowest BCUT2D eigenvalue weighted by molar-refractivity contribution is -0.958. The third-order valence-electron chi connectivity index (χ3n) is 13.7. The molecule has 3 aromatic carbocycles. The minimum absolute atomic E-state index is 0.279. The molecule has 0 radical (unpaired) electrons. The summed E-state index contributed by atoms with van der Waals surface area (Å²) in [6.45, 7) is 10.6. The number of hydrogen-bond donors (Lipinski definition) is 0. The highest BCUT2D eigenvalue weighted by Crippen LogP contribution is 2.44. The zero-order valence-corrected chi connectivity index (χ0v) is 42.9. The standard InChI is InChI=1S/C56H84BF9NO3/c1-5-9-13-17-21-22-23-24-25-26-30-34-50(67(35-31-27-18-14-10-6-2,36-32-28-19-15-11-7-3)37-33-29-20-16-12-8-4)52-51(42-49(62)55(65)56(52)66)70-57(68-43-38-45(58)53(63)46(59)39-43)69-44-40-47(60)54(64)48(61)41-44/h38-42,50H,5-37H2,1-4H3/q+1. The zero-order chi connectivity index (χ0) is 51.2. The molecule has 14 heteroatoms. The Labute approximate surface area is 415 Å². The van der Waals surface area contributed by atoms with Crippen molar-refractivity contribution in [2.75, 3.05) is 19.6 Å². The number of quaternary nitrogens is 1. The van der Waals surface area contributed by atoms with E-state index in [0.717, 1.165) is 148 Å². The monoisotopic (exact) mass is 1000 g/mol. The Kier molecular flexibility index (Phi) is 30.2.